The van der Waals surface area contributed by atoms with Crippen molar-refractivity contribution in [2.75, 3.05) is 5.73 Å². The largest absolute Gasteiger partial charge is 0.399 e. The van der Waals surface area contributed by atoms with Crippen molar-refractivity contribution in [2.24, 2.45) is 0 Å². The molecule has 1 atom stereocenters. The van der Waals surface area contributed by atoms with Gasteiger partial charge in [-0.05, 0) is 43.7 Å². The molecule has 4 heteroatoms. The van der Waals surface area contributed by atoms with Crippen LogP contribution in [0.4, 0.5) is 5.69 Å². The highest BCUT2D eigenvalue weighted by Gasteiger charge is 2.12. The van der Waals surface area contributed by atoms with Gasteiger partial charge in [-0.3, -0.25) is 4.79 Å². The molecule has 0 aliphatic carbocycles. The van der Waals surface area contributed by atoms with E-state index in [9.17, 15) is 4.79 Å². The van der Waals surface area contributed by atoms with Crippen molar-refractivity contribution < 1.29 is 4.79 Å². The number of nitrogen functional groups attached to an aromatic ring is 1. The van der Waals surface area contributed by atoms with Crippen LogP contribution in [-0.4, -0.2) is 10.9 Å². The molecular weight excluding hydrogens is 238 g/mol. The second kappa shape index (κ2) is 5.52. The molecule has 0 spiro atoms. The fourth-order valence-electron chi connectivity index (χ4n) is 1.85. The third kappa shape index (κ3) is 3.31. The lowest BCUT2D eigenvalue weighted by molar-refractivity contribution is 0.0934. The number of pyridine rings is 1. The predicted octanol–water partition coefficient (Wildman–Crippen LogP) is 2.46. The number of hydrogen-bond donors (Lipinski definition) is 2. The second-order valence-corrected chi connectivity index (χ2v) is 4.53. The number of amides is 1. The van der Waals surface area contributed by atoms with Crippen LogP contribution in [0.15, 0.2) is 42.5 Å². The fraction of sp³-hybridized carbons (Fsp3) is 0.200. The van der Waals surface area contributed by atoms with Crippen molar-refractivity contribution in [1.29, 1.82) is 0 Å². The van der Waals surface area contributed by atoms with Crippen LogP contribution in [-0.2, 0) is 0 Å². The summed E-state index contributed by atoms with van der Waals surface area (Å²) in [7, 11) is 0. The Kier molecular flexibility index (Phi) is 3.80. The zero-order chi connectivity index (χ0) is 13.8. The summed E-state index contributed by atoms with van der Waals surface area (Å²) in [4.78, 5) is 16.3. The quantitative estimate of drug-likeness (QED) is 0.828. The fourth-order valence-corrected chi connectivity index (χ4v) is 1.85. The van der Waals surface area contributed by atoms with Gasteiger partial charge in [-0.1, -0.05) is 18.2 Å². The smallest absolute Gasteiger partial charge is 0.270 e. The topological polar surface area (TPSA) is 68.0 Å². The second-order valence-electron chi connectivity index (χ2n) is 4.53. The zero-order valence-corrected chi connectivity index (χ0v) is 11.1. The zero-order valence-electron chi connectivity index (χ0n) is 11.1. The molecule has 1 aromatic carbocycles. The van der Waals surface area contributed by atoms with Crippen molar-refractivity contribution in [3.8, 4) is 0 Å². The van der Waals surface area contributed by atoms with Crippen LogP contribution in [0.2, 0.25) is 0 Å². The minimum absolute atomic E-state index is 0.113. The van der Waals surface area contributed by atoms with E-state index in [1.165, 1.54) is 0 Å². The number of hydrogen-bond acceptors (Lipinski definition) is 3. The molecule has 2 aromatic rings. The van der Waals surface area contributed by atoms with Crippen LogP contribution < -0.4 is 11.1 Å². The number of aryl methyl sites for hydroxylation is 1. The molecule has 1 amide bonds. The summed E-state index contributed by atoms with van der Waals surface area (Å²) in [5.41, 5.74) is 8.64. The van der Waals surface area contributed by atoms with E-state index in [1.54, 1.807) is 6.07 Å². The van der Waals surface area contributed by atoms with Gasteiger partial charge in [-0.2, -0.15) is 0 Å². The van der Waals surface area contributed by atoms with Gasteiger partial charge in [-0.25, -0.2) is 4.98 Å². The summed E-state index contributed by atoms with van der Waals surface area (Å²) < 4.78 is 0. The third-order valence-electron chi connectivity index (χ3n) is 2.88. The molecule has 1 heterocycles. The van der Waals surface area contributed by atoms with Crippen LogP contribution in [0.25, 0.3) is 0 Å². The molecule has 0 aliphatic rings. The molecule has 98 valence electrons. The average Bonchev–Trinajstić information content (AvgIpc) is 2.38. The van der Waals surface area contributed by atoms with Crippen LogP contribution in [0, 0.1) is 6.92 Å². The van der Waals surface area contributed by atoms with E-state index < -0.39 is 0 Å². The molecular formula is C15H17N3O. The standard InChI is InChI=1S/C15H17N3O/c1-10-5-3-8-14(17-10)15(19)18-11(2)12-6-4-7-13(16)9-12/h3-9,11H,16H2,1-2H3,(H,18,19). The van der Waals surface area contributed by atoms with E-state index in [0.29, 0.717) is 11.4 Å². The van der Waals surface area contributed by atoms with Gasteiger partial charge in [-0.15, -0.1) is 0 Å². The van der Waals surface area contributed by atoms with Gasteiger partial charge >= 0.3 is 0 Å². The lowest BCUT2D eigenvalue weighted by atomic mass is 10.1. The number of nitrogens with two attached hydrogens (primary N) is 1. The minimum Gasteiger partial charge on any atom is -0.399 e. The predicted molar refractivity (Wildman–Crippen MR) is 75.7 cm³/mol. The van der Waals surface area contributed by atoms with Crippen LogP contribution in [0.1, 0.15) is 34.7 Å². The summed E-state index contributed by atoms with van der Waals surface area (Å²) in [6.07, 6.45) is 0. The molecule has 0 saturated heterocycles. The Balaban J connectivity index is 2.11. The van der Waals surface area contributed by atoms with Crippen molar-refractivity contribution in [3.63, 3.8) is 0 Å². The molecule has 1 unspecified atom stereocenters. The number of anilines is 1. The van der Waals surface area contributed by atoms with E-state index in [-0.39, 0.29) is 11.9 Å². The normalized spacial score (nSPS) is 11.9. The van der Waals surface area contributed by atoms with Gasteiger partial charge in [0, 0.05) is 11.4 Å². The molecule has 2 rings (SSSR count). The number of nitrogens with zero attached hydrogens (tertiary/aromatic N) is 1. The molecule has 19 heavy (non-hydrogen) atoms. The van der Waals surface area contributed by atoms with E-state index in [2.05, 4.69) is 10.3 Å². The van der Waals surface area contributed by atoms with Gasteiger partial charge in [0.05, 0.1) is 6.04 Å². The van der Waals surface area contributed by atoms with Crippen molar-refractivity contribution in [2.45, 2.75) is 19.9 Å². The first-order valence-electron chi connectivity index (χ1n) is 6.16. The molecule has 0 bridgehead atoms. The van der Waals surface area contributed by atoms with Crippen LogP contribution in [0.3, 0.4) is 0 Å². The Labute approximate surface area is 112 Å². The van der Waals surface area contributed by atoms with Gasteiger partial charge in [0.25, 0.3) is 5.91 Å². The Morgan fingerprint density at radius 2 is 2.00 bits per heavy atom. The molecule has 0 radical (unpaired) electrons. The number of rotatable bonds is 3. The first kappa shape index (κ1) is 13.1. The SMILES string of the molecule is Cc1cccc(C(=O)NC(C)c2cccc(N)c2)n1. The van der Waals surface area contributed by atoms with Gasteiger partial charge < -0.3 is 11.1 Å². The van der Waals surface area contributed by atoms with Gasteiger partial charge in [0.1, 0.15) is 5.69 Å². The number of benzene rings is 1. The molecule has 0 saturated carbocycles. The third-order valence-corrected chi connectivity index (χ3v) is 2.88. The summed E-state index contributed by atoms with van der Waals surface area (Å²) in [5.74, 6) is -0.182. The number of aromatic nitrogens is 1. The molecule has 3 N–H and O–H groups in total. The Morgan fingerprint density at radius 1 is 1.26 bits per heavy atom. The molecule has 4 nitrogen and oxygen atoms in total. The Bertz CT molecular complexity index is 595. The van der Waals surface area contributed by atoms with Gasteiger partial charge in [0.15, 0.2) is 0 Å². The first-order valence-corrected chi connectivity index (χ1v) is 6.16. The van der Waals surface area contributed by atoms with Gasteiger partial charge in [0.2, 0.25) is 0 Å². The maximum Gasteiger partial charge on any atom is 0.270 e. The molecule has 1 aromatic heterocycles. The summed E-state index contributed by atoms with van der Waals surface area (Å²) in [5, 5.41) is 2.91. The average molecular weight is 255 g/mol. The first-order chi connectivity index (χ1) is 9.06. The number of carbonyl (C=O) groups excluding carboxylic acids is 1. The molecule has 0 aliphatic heterocycles. The number of carbonyl (C=O) groups is 1. The van der Waals surface area contributed by atoms with E-state index >= 15 is 0 Å². The summed E-state index contributed by atoms with van der Waals surface area (Å²) in [6.45, 7) is 3.78. The Morgan fingerprint density at radius 3 is 2.68 bits per heavy atom. The molecule has 0 fully saturated rings. The maximum atomic E-state index is 12.1. The summed E-state index contributed by atoms with van der Waals surface area (Å²) in [6, 6.07) is 12.8. The van der Waals surface area contributed by atoms with E-state index in [1.807, 2.05) is 50.2 Å². The lowest BCUT2D eigenvalue weighted by Gasteiger charge is -2.14. The highest BCUT2D eigenvalue weighted by molar-refractivity contribution is 5.92. The van der Waals surface area contributed by atoms with Crippen molar-refractivity contribution in [3.05, 3.63) is 59.4 Å². The van der Waals surface area contributed by atoms with Crippen LogP contribution >= 0.6 is 0 Å². The Hall–Kier alpha value is -2.36. The highest BCUT2D eigenvalue weighted by atomic mass is 16.1. The summed E-state index contributed by atoms with van der Waals surface area (Å²) >= 11 is 0. The van der Waals surface area contributed by atoms with E-state index in [0.717, 1.165) is 11.3 Å². The van der Waals surface area contributed by atoms with E-state index in [4.69, 9.17) is 5.73 Å². The van der Waals surface area contributed by atoms with Crippen LogP contribution in [0.5, 0.6) is 0 Å². The maximum absolute atomic E-state index is 12.1. The van der Waals surface area contributed by atoms with Crippen molar-refractivity contribution >= 4 is 11.6 Å². The number of nitrogens with one attached hydrogen (secondary N) is 1. The monoisotopic (exact) mass is 255 g/mol. The van der Waals surface area contributed by atoms with Crippen molar-refractivity contribution in [1.82, 2.24) is 10.3 Å². The lowest BCUT2D eigenvalue weighted by Crippen LogP contribution is -2.27. The minimum atomic E-state index is -0.182. The highest BCUT2D eigenvalue weighted by Crippen LogP contribution is 2.15.